The van der Waals surface area contributed by atoms with Crippen molar-refractivity contribution in [1.29, 1.82) is 0 Å². The number of nitrogens with one attached hydrogen (secondary N) is 2. The minimum atomic E-state index is -0.306. The van der Waals surface area contributed by atoms with Crippen LogP contribution in [0, 0.1) is 13.8 Å². The van der Waals surface area contributed by atoms with Crippen molar-refractivity contribution in [3.8, 4) is 17.0 Å². The van der Waals surface area contributed by atoms with Gasteiger partial charge < -0.3 is 15.7 Å². The first kappa shape index (κ1) is 24.3. The Bertz CT molecular complexity index is 1450. The number of phenols is 1. The van der Waals surface area contributed by atoms with Gasteiger partial charge in [0.15, 0.2) is 0 Å². The average molecular weight is 495 g/mol. The molecular weight excluding hydrogens is 464 g/mol. The van der Waals surface area contributed by atoms with Gasteiger partial charge in [0.05, 0.1) is 11.4 Å². The van der Waals surface area contributed by atoms with Gasteiger partial charge in [0.25, 0.3) is 5.91 Å². The van der Waals surface area contributed by atoms with Crippen LogP contribution in [0.15, 0.2) is 72.8 Å². The van der Waals surface area contributed by atoms with Gasteiger partial charge in [-0.3, -0.25) is 4.79 Å². The van der Waals surface area contributed by atoms with Gasteiger partial charge in [-0.25, -0.2) is 4.79 Å². The fourth-order valence-electron chi connectivity index (χ4n) is 4.47. The maximum Gasteiger partial charge on any atom is 0.342 e. The molecule has 0 radical (unpaired) electrons. The molecule has 1 aliphatic rings. The Labute approximate surface area is 216 Å². The number of nitrogens with zero attached hydrogens (tertiary/aromatic N) is 2. The summed E-state index contributed by atoms with van der Waals surface area (Å²) in [5.41, 5.74) is 6.07. The lowest BCUT2D eigenvalue weighted by Crippen LogP contribution is -2.31. The highest BCUT2D eigenvalue weighted by atomic mass is 16.3. The van der Waals surface area contributed by atoms with E-state index >= 15 is 0 Å². The van der Waals surface area contributed by atoms with E-state index in [4.69, 9.17) is 0 Å². The van der Waals surface area contributed by atoms with E-state index in [1.807, 2.05) is 56.3 Å². The number of benzene rings is 3. The number of hydrogen-bond donors (Lipinski definition) is 3. The Morgan fingerprint density at radius 2 is 1.76 bits per heavy atom. The highest BCUT2D eigenvalue weighted by Gasteiger charge is 2.27. The molecule has 2 amide bonds. The van der Waals surface area contributed by atoms with Crippen LogP contribution in [0.5, 0.6) is 5.75 Å². The van der Waals surface area contributed by atoms with Gasteiger partial charge in [0.1, 0.15) is 5.75 Å². The fraction of sp³-hybridized carbons (Fsp3) is 0.233. The third-order valence-corrected chi connectivity index (χ3v) is 6.99. The molecule has 1 heterocycles. The second-order valence-corrected chi connectivity index (χ2v) is 9.63. The fourth-order valence-corrected chi connectivity index (χ4v) is 4.47. The molecule has 1 fully saturated rings. The number of anilines is 1. The van der Waals surface area contributed by atoms with Gasteiger partial charge in [-0.2, -0.15) is 9.78 Å². The first-order valence-corrected chi connectivity index (χ1v) is 12.5. The molecule has 7 nitrogen and oxygen atoms in total. The van der Waals surface area contributed by atoms with Gasteiger partial charge in [0.2, 0.25) is 0 Å². The molecule has 3 aromatic carbocycles. The summed E-state index contributed by atoms with van der Waals surface area (Å²) < 4.78 is 1.43. The monoisotopic (exact) mass is 494 g/mol. The van der Waals surface area contributed by atoms with E-state index < -0.39 is 0 Å². The Hall–Kier alpha value is -4.39. The highest BCUT2D eigenvalue weighted by Crippen LogP contribution is 2.39. The molecule has 0 saturated heterocycles. The van der Waals surface area contributed by atoms with Crippen LogP contribution in [-0.4, -0.2) is 26.8 Å². The molecule has 1 aromatic heterocycles. The lowest BCUT2D eigenvalue weighted by Gasteiger charge is -2.25. The van der Waals surface area contributed by atoms with Crippen LogP contribution >= 0.6 is 0 Å². The SMILES string of the molecule is Cc1ccc(C(=O)Nc2ccc(O)c(-c3cc(C4CCC4)n(C(=O)NCc4ccccc4C)n3)c2)cc1. The van der Waals surface area contributed by atoms with E-state index in [1.54, 1.807) is 24.3 Å². The quantitative estimate of drug-likeness (QED) is 0.280. The third kappa shape index (κ3) is 5.26. The van der Waals surface area contributed by atoms with Gasteiger partial charge in [-0.15, -0.1) is 0 Å². The minimum absolute atomic E-state index is 0.0264. The molecule has 37 heavy (non-hydrogen) atoms. The Morgan fingerprint density at radius 1 is 1.00 bits per heavy atom. The molecule has 0 unspecified atom stereocenters. The Morgan fingerprint density at radius 3 is 2.46 bits per heavy atom. The van der Waals surface area contributed by atoms with Crippen molar-refractivity contribution in [2.75, 3.05) is 5.32 Å². The van der Waals surface area contributed by atoms with E-state index in [-0.39, 0.29) is 23.6 Å². The van der Waals surface area contributed by atoms with E-state index in [2.05, 4.69) is 15.7 Å². The average Bonchev–Trinajstić information content (AvgIpc) is 3.28. The largest absolute Gasteiger partial charge is 0.507 e. The van der Waals surface area contributed by atoms with Crippen molar-refractivity contribution >= 4 is 17.6 Å². The minimum Gasteiger partial charge on any atom is -0.507 e. The van der Waals surface area contributed by atoms with E-state index in [0.29, 0.717) is 29.1 Å². The highest BCUT2D eigenvalue weighted by molar-refractivity contribution is 6.04. The zero-order chi connectivity index (χ0) is 25.9. The number of carbonyl (C=O) groups excluding carboxylic acids is 2. The smallest absolute Gasteiger partial charge is 0.342 e. The van der Waals surface area contributed by atoms with Gasteiger partial charge >= 0.3 is 6.03 Å². The van der Waals surface area contributed by atoms with E-state index in [9.17, 15) is 14.7 Å². The number of aryl methyl sites for hydroxylation is 2. The van der Waals surface area contributed by atoms with Crippen LogP contribution in [-0.2, 0) is 6.54 Å². The van der Waals surface area contributed by atoms with Crippen LogP contribution in [0.2, 0.25) is 0 Å². The first-order chi connectivity index (χ1) is 17.9. The standard InChI is InChI=1S/C30H30N4O3/c1-19-10-12-22(13-11-19)29(36)32-24-14-15-28(35)25(16-24)26-17-27(21-8-5-9-21)34(33-26)30(37)31-18-23-7-4-3-6-20(23)2/h3-4,6-7,10-17,21,35H,5,8-9,18H2,1-2H3,(H,31,37)(H,32,36). The summed E-state index contributed by atoms with van der Waals surface area (Å²) in [5.74, 6) is 0.0309. The number of carbonyl (C=O) groups is 2. The molecule has 1 aliphatic carbocycles. The Kier molecular flexibility index (Phi) is 6.77. The third-order valence-electron chi connectivity index (χ3n) is 6.99. The number of phenolic OH excluding ortho intramolecular Hbond substituents is 1. The molecule has 7 heteroatoms. The first-order valence-electron chi connectivity index (χ1n) is 12.5. The number of amides is 2. The van der Waals surface area contributed by atoms with Crippen LogP contribution < -0.4 is 10.6 Å². The zero-order valence-corrected chi connectivity index (χ0v) is 21.0. The summed E-state index contributed by atoms with van der Waals surface area (Å²) >= 11 is 0. The van der Waals surface area contributed by atoms with Crippen LogP contribution in [0.1, 0.15) is 57.9 Å². The zero-order valence-electron chi connectivity index (χ0n) is 21.0. The van der Waals surface area contributed by atoms with Crippen molar-refractivity contribution in [2.45, 2.75) is 45.6 Å². The van der Waals surface area contributed by atoms with Gasteiger partial charge in [-0.1, -0.05) is 48.4 Å². The number of rotatable bonds is 6. The number of aromatic nitrogens is 2. The second-order valence-electron chi connectivity index (χ2n) is 9.63. The van der Waals surface area contributed by atoms with Crippen molar-refractivity contribution in [3.63, 3.8) is 0 Å². The molecule has 0 aliphatic heterocycles. The topological polar surface area (TPSA) is 96.2 Å². The van der Waals surface area contributed by atoms with Crippen LogP contribution in [0.4, 0.5) is 10.5 Å². The van der Waals surface area contributed by atoms with Crippen molar-refractivity contribution in [2.24, 2.45) is 0 Å². The summed E-state index contributed by atoms with van der Waals surface area (Å²) in [6.45, 7) is 4.38. The molecule has 0 atom stereocenters. The van der Waals surface area contributed by atoms with Crippen molar-refractivity contribution in [1.82, 2.24) is 15.1 Å². The summed E-state index contributed by atoms with van der Waals surface area (Å²) in [6, 6.07) is 21.7. The summed E-state index contributed by atoms with van der Waals surface area (Å²) in [7, 11) is 0. The Balaban J connectivity index is 1.40. The molecular formula is C30H30N4O3. The van der Waals surface area contributed by atoms with E-state index in [0.717, 1.165) is 41.6 Å². The maximum absolute atomic E-state index is 13.2. The normalized spacial score (nSPS) is 13.1. The molecule has 0 bridgehead atoms. The molecule has 0 spiro atoms. The maximum atomic E-state index is 13.2. The molecule has 3 N–H and O–H groups in total. The van der Waals surface area contributed by atoms with Crippen LogP contribution in [0.3, 0.4) is 0 Å². The summed E-state index contributed by atoms with van der Waals surface area (Å²) in [5, 5.41) is 21.1. The molecule has 188 valence electrons. The second kappa shape index (κ2) is 10.3. The predicted octanol–water partition coefficient (Wildman–Crippen LogP) is 6.15. The number of aromatic hydroxyl groups is 1. The lowest BCUT2D eigenvalue weighted by molar-refractivity contribution is 0.102. The molecule has 1 saturated carbocycles. The van der Waals surface area contributed by atoms with Gasteiger partial charge in [-0.05, 0) is 74.2 Å². The van der Waals surface area contributed by atoms with Crippen molar-refractivity contribution < 1.29 is 14.7 Å². The van der Waals surface area contributed by atoms with Gasteiger partial charge in [0, 0.05) is 29.3 Å². The summed E-state index contributed by atoms with van der Waals surface area (Å²) in [4.78, 5) is 25.9. The summed E-state index contributed by atoms with van der Waals surface area (Å²) in [6.07, 6.45) is 3.10. The lowest BCUT2D eigenvalue weighted by atomic mass is 9.82. The number of hydrogen-bond acceptors (Lipinski definition) is 4. The predicted molar refractivity (Wildman–Crippen MR) is 144 cm³/mol. The van der Waals surface area contributed by atoms with Crippen molar-refractivity contribution in [3.05, 3.63) is 101 Å². The van der Waals surface area contributed by atoms with Crippen LogP contribution in [0.25, 0.3) is 11.3 Å². The van der Waals surface area contributed by atoms with E-state index in [1.165, 1.54) is 10.7 Å². The molecule has 5 rings (SSSR count). The molecule has 4 aromatic rings.